The van der Waals surface area contributed by atoms with Gasteiger partial charge in [0.15, 0.2) is 0 Å². The molecule has 0 radical (unpaired) electrons. The first-order valence-electron chi connectivity index (χ1n) is 9.50. The highest BCUT2D eigenvalue weighted by atomic mass is 79.9. The fourth-order valence-electron chi connectivity index (χ4n) is 5.22. The van der Waals surface area contributed by atoms with Gasteiger partial charge in [-0.3, -0.25) is 0 Å². The van der Waals surface area contributed by atoms with Gasteiger partial charge in [0.1, 0.15) is 0 Å². The van der Waals surface area contributed by atoms with Gasteiger partial charge in [-0.1, -0.05) is 34.2 Å². The highest BCUT2D eigenvalue weighted by Gasteiger charge is 2.60. The number of aliphatic hydroxyl groups is 1. The van der Waals surface area contributed by atoms with E-state index in [-0.39, 0.29) is 10.4 Å². The Balaban J connectivity index is 1.70. The number of rotatable bonds is 5. The first-order valence-corrected chi connectivity index (χ1v) is 10.4. The minimum Gasteiger partial charge on any atom is -0.389 e. The molecule has 3 fully saturated rings. The highest BCUT2D eigenvalue weighted by Crippen LogP contribution is 2.56. The predicted octanol–water partition coefficient (Wildman–Crippen LogP) is 5.25. The van der Waals surface area contributed by atoms with Crippen LogP contribution < -0.4 is 0 Å². The van der Waals surface area contributed by atoms with Crippen LogP contribution in [0.5, 0.6) is 0 Å². The lowest BCUT2D eigenvalue weighted by molar-refractivity contribution is 0.00856. The van der Waals surface area contributed by atoms with Gasteiger partial charge in [0.2, 0.25) is 0 Å². The molecule has 1 aliphatic heterocycles. The molecule has 2 saturated carbocycles. The third kappa shape index (κ3) is 3.41. The van der Waals surface area contributed by atoms with Crippen molar-refractivity contribution in [2.45, 2.75) is 81.4 Å². The smallest absolute Gasteiger partial charge is 0.0923 e. The summed E-state index contributed by atoms with van der Waals surface area (Å²) in [7, 11) is 0. The Morgan fingerprint density at radius 1 is 1.38 bits per heavy atom. The second-order valence-electron chi connectivity index (χ2n) is 9.00. The normalized spacial score (nSPS) is 49.1. The molecule has 0 bridgehead atoms. The maximum atomic E-state index is 10.4. The molecule has 2 aliphatic carbocycles. The average molecular weight is 397 g/mol. The fraction of sp³-hybridized carbons (Fsp3) is 0.810. The Morgan fingerprint density at radius 3 is 2.67 bits per heavy atom. The van der Waals surface area contributed by atoms with Gasteiger partial charge in [0.25, 0.3) is 0 Å². The van der Waals surface area contributed by atoms with Crippen molar-refractivity contribution in [3.8, 4) is 0 Å². The molecule has 3 aliphatic rings. The first-order chi connectivity index (χ1) is 11.2. The first kappa shape index (κ1) is 18.7. The van der Waals surface area contributed by atoms with Crippen molar-refractivity contribution in [1.82, 2.24) is 0 Å². The van der Waals surface area contributed by atoms with Gasteiger partial charge < -0.3 is 9.84 Å². The summed E-state index contributed by atoms with van der Waals surface area (Å²) in [5.41, 5.74) is 0.854. The number of hydrogen-bond donors (Lipinski definition) is 1. The van der Waals surface area contributed by atoms with E-state index >= 15 is 0 Å². The molecule has 0 amide bonds. The van der Waals surface area contributed by atoms with Crippen LogP contribution in [0.4, 0.5) is 0 Å². The van der Waals surface area contributed by atoms with Crippen LogP contribution in [0.25, 0.3) is 0 Å². The van der Waals surface area contributed by atoms with Crippen molar-refractivity contribution < 1.29 is 9.84 Å². The summed E-state index contributed by atoms with van der Waals surface area (Å²) in [6, 6.07) is 0. The largest absolute Gasteiger partial charge is 0.389 e. The van der Waals surface area contributed by atoms with E-state index in [1.54, 1.807) is 0 Å². The predicted molar refractivity (Wildman–Crippen MR) is 103 cm³/mol. The molecule has 136 valence electrons. The molecule has 8 atom stereocenters. The van der Waals surface area contributed by atoms with Crippen LogP contribution in [0.2, 0.25) is 0 Å². The van der Waals surface area contributed by atoms with Crippen LogP contribution in [0.15, 0.2) is 24.8 Å². The lowest BCUT2D eigenvalue weighted by atomic mass is 9.65. The molecule has 1 unspecified atom stereocenters. The molecule has 0 aromatic carbocycles. The molecule has 24 heavy (non-hydrogen) atoms. The second kappa shape index (κ2) is 6.55. The Labute approximate surface area is 155 Å². The highest BCUT2D eigenvalue weighted by molar-refractivity contribution is 9.09. The molecule has 3 heteroatoms. The van der Waals surface area contributed by atoms with Crippen molar-refractivity contribution in [2.24, 2.45) is 23.7 Å². The van der Waals surface area contributed by atoms with Gasteiger partial charge in [-0.2, -0.15) is 0 Å². The van der Waals surface area contributed by atoms with Gasteiger partial charge in [0, 0.05) is 4.83 Å². The zero-order valence-electron chi connectivity index (χ0n) is 15.4. The van der Waals surface area contributed by atoms with Crippen LogP contribution in [0.1, 0.15) is 59.3 Å². The Morgan fingerprint density at radius 2 is 2.08 bits per heavy atom. The fourth-order valence-corrected chi connectivity index (χ4v) is 5.93. The number of epoxide rings is 1. The van der Waals surface area contributed by atoms with E-state index in [2.05, 4.69) is 49.0 Å². The number of ether oxygens (including phenoxy) is 1. The third-order valence-electron chi connectivity index (χ3n) is 7.09. The van der Waals surface area contributed by atoms with Crippen LogP contribution in [0, 0.1) is 23.7 Å². The van der Waals surface area contributed by atoms with E-state index in [9.17, 15) is 5.11 Å². The lowest BCUT2D eigenvalue weighted by Gasteiger charge is -2.42. The summed E-state index contributed by atoms with van der Waals surface area (Å²) in [5.74, 6) is 2.25. The van der Waals surface area contributed by atoms with Crippen molar-refractivity contribution in [3.63, 3.8) is 0 Å². The van der Waals surface area contributed by atoms with Crippen LogP contribution in [0.3, 0.4) is 0 Å². The summed E-state index contributed by atoms with van der Waals surface area (Å²) >= 11 is 3.71. The van der Waals surface area contributed by atoms with Crippen LogP contribution in [-0.4, -0.2) is 27.2 Å². The van der Waals surface area contributed by atoms with E-state index in [1.165, 1.54) is 18.4 Å². The molecule has 1 saturated heterocycles. The Kier molecular flexibility index (Phi) is 5.10. The van der Waals surface area contributed by atoms with Crippen molar-refractivity contribution in [1.29, 1.82) is 0 Å². The van der Waals surface area contributed by atoms with Crippen molar-refractivity contribution in [3.05, 3.63) is 24.8 Å². The van der Waals surface area contributed by atoms with Gasteiger partial charge >= 0.3 is 0 Å². The maximum Gasteiger partial charge on any atom is 0.0923 e. The standard InChI is InChI=1S/C21H33BrO2/c1-6-14(15-7-9-20(4,23)18(22)12-15)11-17-16(13(2)3)8-10-21(5)19(17)24-21/h6,14-19,23H,1-2,7-12H2,3-5H3/t14?,15-,16-,17-,18-,19-,20+,21+/m1/s1. The van der Waals surface area contributed by atoms with E-state index in [4.69, 9.17) is 4.74 Å². The minimum absolute atomic E-state index is 0.122. The van der Waals surface area contributed by atoms with E-state index in [0.29, 0.717) is 29.8 Å². The number of fused-ring (bicyclic) bond motifs is 1. The van der Waals surface area contributed by atoms with Crippen molar-refractivity contribution in [2.75, 3.05) is 0 Å². The quantitative estimate of drug-likeness (QED) is 0.390. The average Bonchev–Trinajstić information content (AvgIpc) is 3.19. The summed E-state index contributed by atoms with van der Waals surface area (Å²) < 4.78 is 6.12. The third-order valence-corrected chi connectivity index (χ3v) is 8.45. The van der Waals surface area contributed by atoms with Crippen LogP contribution in [-0.2, 0) is 4.74 Å². The zero-order chi connectivity index (χ0) is 17.7. The van der Waals surface area contributed by atoms with Gasteiger partial charge in [-0.15, -0.1) is 6.58 Å². The summed E-state index contributed by atoms with van der Waals surface area (Å²) in [6.07, 6.45) is 9.06. The minimum atomic E-state index is -0.578. The monoisotopic (exact) mass is 396 g/mol. The number of allylic oxidation sites excluding steroid dienone is 2. The van der Waals surface area contributed by atoms with Gasteiger partial charge in [-0.25, -0.2) is 0 Å². The summed E-state index contributed by atoms with van der Waals surface area (Å²) in [5, 5.41) is 10.4. The molecule has 0 aromatic rings. The number of hydrogen-bond acceptors (Lipinski definition) is 2. The Hall–Kier alpha value is -0.120. The van der Waals surface area contributed by atoms with Crippen LogP contribution >= 0.6 is 15.9 Å². The molecule has 0 aromatic heterocycles. The second-order valence-corrected chi connectivity index (χ2v) is 10.1. The molecular weight excluding hydrogens is 364 g/mol. The molecular formula is C21H33BrO2. The summed E-state index contributed by atoms with van der Waals surface area (Å²) in [6.45, 7) is 14.8. The number of halogens is 1. The molecule has 1 N–H and O–H groups in total. The lowest BCUT2D eigenvalue weighted by Crippen LogP contribution is -2.43. The summed E-state index contributed by atoms with van der Waals surface area (Å²) in [4.78, 5) is 0.178. The molecule has 1 heterocycles. The topological polar surface area (TPSA) is 32.8 Å². The van der Waals surface area contributed by atoms with Crippen molar-refractivity contribution >= 4 is 15.9 Å². The zero-order valence-corrected chi connectivity index (χ0v) is 17.0. The van der Waals surface area contributed by atoms with E-state index in [1.807, 2.05) is 6.92 Å². The van der Waals surface area contributed by atoms with E-state index < -0.39 is 5.60 Å². The maximum absolute atomic E-state index is 10.4. The molecule has 3 rings (SSSR count). The van der Waals surface area contributed by atoms with Gasteiger partial charge in [-0.05, 0) is 83.0 Å². The number of alkyl halides is 1. The molecule has 0 spiro atoms. The SMILES string of the molecule is C=CC(C[C@@H]1[C@@H](C(=C)C)CC[C@]2(C)O[C@H]12)[C@@H]1CC[C@](C)(O)[C@H](Br)C1. The van der Waals surface area contributed by atoms with Gasteiger partial charge in [0.05, 0.1) is 17.3 Å². The Bertz CT molecular complexity index is 514. The van der Waals surface area contributed by atoms with E-state index in [0.717, 1.165) is 25.7 Å². The molecule has 2 nitrogen and oxygen atoms in total.